The van der Waals surface area contributed by atoms with Crippen LogP contribution in [-0.4, -0.2) is 0 Å². The molecule has 0 nitrogen and oxygen atoms in total. The van der Waals surface area contributed by atoms with Gasteiger partial charge in [0.25, 0.3) is 0 Å². The van der Waals surface area contributed by atoms with Crippen LogP contribution < -0.4 is 0 Å². The molecule has 154 valence electrons. The summed E-state index contributed by atoms with van der Waals surface area (Å²) in [5.41, 5.74) is 4.63. The van der Waals surface area contributed by atoms with Crippen LogP contribution in [0.1, 0.15) is 31.4 Å². The molecule has 0 heteroatoms. The molecule has 31 heavy (non-hydrogen) atoms. The second kappa shape index (κ2) is 10.9. The van der Waals surface area contributed by atoms with Crippen molar-refractivity contribution in [2.24, 2.45) is 0 Å². The van der Waals surface area contributed by atoms with Crippen molar-refractivity contribution in [3.8, 4) is 0 Å². The summed E-state index contributed by atoms with van der Waals surface area (Å²) in [5.74, 6) is 0. The van der Waals surface area contributed by atoms with Crippen molar-refractivity contribution < 1.29 is 0 Å². The van der Waals surface area contributed by atoms with Crippen molar-refractivity contribution in [1.29, 1.82) is 0 Å². The molecule has 0 radical (unpaired) electrons. The van der Waals surface area contributed by atoms with Crippen molar-refractivity contribution in [3.05, 3.63) is 133 Å². The lowest BCUT2D eigenvalue weighted by Crippen LogP contribution is -1.82. The van der Waals surface area contributed by atoms with Crippen LogP contribution >= 0.6 is 0 Å². The molecule has 0 saturated carbocycles. The molecule has 0 aliphatic heterocycles. The highest BCUT2D eigenvalue weighted by atomic mass is 14.1. The maximum Gasteiger partial charge on any atom is -0.00992 e. The van der Waals surface area contributed by atoms with E-state index in [0.29, 0.717) is 0 Å². The van der Waals surface area contributed by atoms with Crippen molar-refractivity contribution >= 4 is 33.7 Å². The number of benzene rings is 3. The van der Waals surface area contributed by atoms with Gasteiger partial charge < -0.3 is 0 Å². The second-order valence-electron chi connectivity index (χ2n) is 7.40. The highest BCUT2D eigenvalue weighted by molar-refractivity contribution is 6.08. The Hall–Kier alpha value is -3.64. The van der Waals surface area contributed by atoms with Gasteiger partial charge in [0.1, 0.15) is 0 Å². The highest BCUT2D eigenvalue weighted by Gasteiger charge is 2.02. The van der Waals surface area contributed by atoms with E-state index < -0.39 is 0 Å². The van der Waals surface area contributed by atoms with E-state index >= 15 is 0 Å². The van der Waals surface area contributed by atoms with Crippen LogP contribution in [0.15, 0.2) is 121 Å². The fourth-order valence-corrected chi connectivity index (χ4v) is 3.51. The predicted octanol–water partition coefficient (Wildman–Crippen LogP) is 9.23. The van der Waals surface area contributed by atoms with Gasteiger partial charge in [-0.3, -0.25) is 0 Å². The Balaban J connectivity index is 2.03. The quantitative estimate of drug-likeness (QED) is 0.260. The molecule has 0 fully saturated rings. The van der Waals surface area contributed by atoms with E-state index in [4.69, 9.17) is 0 Å². The zero-order valence-electron chi connectivity index (χ0n) is 18.5. The van der Waals surface area contributed by atoms with Gasteiger partial charge in [0.05, 0.1) is 0 Å². The lowest BCUT2D eigenvalue weighted by atomic mass is 9.97. The van der Waals surface area contributed by atoms with Gasteiger partial charge >= 0.3 is 0 Å². The fourth-order valence-electron chi connectivity index (χ4n) is 3.51. The minimum atomic E-state index is 1.04. The minimum absolute atomic E-state index is 1.04. The van der Waals surface area contributed by atoms with E-state index in [1.165, 1.54) is 38.2 Å². The molecule has 0 saturated heterocycles. The molecule has 0 unspecified atom stereocenters. The molecular formula is C31H30. The van der Waals surface area contributed by atoms with Crippen LogP contribution in [0.3, 0.4) is 0 Å². The second-order valence-corrected chi connectivity index (χ2v) is 7.40. The summed E-state index contributed by atoms with van der Waals surface area (Å²) in [6.07, 6.45) is 21.7. The largest absolute Gasteiger partial charge is 0.0990 e. The van der Waals surface area contributed by atoms with Crippen LogP contribution in [0.5, 0.6) is 0 Å². The topological polar surface area (TPSA) is 0 Å². The third kappa shape index (κ3) is 5.71. The minimum Gasteiger partial charge on any atom is -0.0990 e. The first-order valence-corrected chi connectivity index (χ1v) is 10.8. The molecule has 0 N–H and O–H groups in total. The lowest BCUT2D eigenvalue weighted by molar-refractivity contribution is 1.22. The van der Waals surface area contributed by atoms with Crippen molar-refractivity contribution in [1.82, 2.24) is 0 Å². The zero-order chi connectivity index (χ0) is 22.1. The number of rotatable bonds is 8. The Morgan fingerprint density at radius 2 is 1.32 bits per heavy atom. The molecule has 0 aliphatic carbocycles. The Morgan fingerprint density at radius 1 is 0.774 bits per heavy atom. The predicted molar refractivity (Wildman–Crippen MR) is 141 cm³/mol. The Kier molecular flexibility index (Phi) is 7.79. The summed E-state index contributed by atoms with van der Waals surface area (Å²) < 4.78 is 0. The van der Waals surface area contributed by atoms with E-state index in [-0.39, 0.29) is 0 Å². The molecule has 0 heterocycles. The van der Waals surface area contributed by atoms with Gasteiger partial charge in [0, 0.05) is 0 Å². The Labute approximate surface area is 186 Å². The molecule has 0 atom stereocenters. The van der Waals surface area contributed by atoms with Gasteiger partial charge in [-0.2, -0.15) is 0 Å². The molecular weight excluding hydrogens is 372 g/mol. The first-order chi connectivity index (χ1) is 15.2. The third-order valence-corrected chi connectivity index (χ3v) is 5.25. The van der Waals surface area contributed by atoms with E-state index in [9.17, 15) is 0 Å². The number of fused-ring (bicyclic) bond motifs is 3. The van der Waals surface area contributed by atoms with Crippen molar-refractivity contribution in [2.75, 3.05) is 0 Å². The number of allylic oxidation sites excluding steroid dienone is 10. The average Bonchev–Trinajstić information content (AvgIpc) is 2.81. The van der Waals surface area contributed by atoms with Crippen LogP contribution in [0, 0.1) is 0 Å². The molecule has 3 rings (SSSR count). The normalized spacial score (nSPS) is 13.2. The summed E-state index contributed by atoms with van der Waals surface area (Å²) in [4.78, 5) is 0. The van der Waals surface area contributed by atoms with Crippen LogP contribution in [0.25, 0.3) is 33.7 Å². The Morgan fingerprint density at radius 3 is 1.81 bits per heavy atom. The molecule has 3 aromatic rings. The first kappa shape index (κ1) is 22.1. The summed E-state index contributed by atoms with van der Waals surface area (Å²) in [6, 6.07) is 17.7. The fraction of sp³-hybridized carbons (Fsp3) is 0.0968. The first-order valence-electron chi connectivity index (χ1n) is 10.8. The lowest BCUT2D eigenvalue weighted by Gasteiger charge is -2.07. The van der Waals surface area contributed by atoms with E-state index in [2.05, 4.69) is 118 Å². The number of hydrogen-bond acceptors (Lipinski definition) is 0. The smallest absolute Gasteiger partial charge is 0.00992 e. The molecule has 3 aromatic carbocycles. The van der Waals surface area contributed by atoms with Gasteiger partial charge in [0.15, 0.2) is 0 Å². The summed E-state index contributed by atoms with van der Waals surface area (Å²) in [5, 5.41) is 5.03. The molecule has 0 aliphatic rings. The third-order valence-electron chi connectivity index (χ3n) is 5.25. The zero-order valence-corrected chi connectivity index (χ0v) is 18.5. The van der Waals surface area contributed by atoms with Gasteiger partial charge in [-0.25, -0.2) is 0 Å². The van der Waals surface area contributed by atoms with Gasteiger partial charge in [-0.15, -0.1) is 0 Å². The van der Waals surface area contributed by atoms with E-state index in [0.717, 1.165) is 12.0 Å². The molecule has 0 spiro atoms. The summed E-state index contributed by atoms with van der Waals surface area (Å²) >= 11 is 0. The van der Waals surface area contributed by atoms with Crippen LogP contribution in [0.4, 0.5) is 0 Å². The van der Waals surface area contributed by atoms with Crippen LogP contribution in [0.2, 0.25) is 0 Å². The maximum atomic E-state index is 3.86. The maximum absolute atomic E-state index is 3.86. The highest BCUT2D eigenvalue weighted by Crippen LogP contribution is 2.28. The van der Waals surface area contributed by atoms with Gasteiger partial charge in [-0.1, -0.05) is 117 Å². The summed E-state index contributed by atoms with van der Waals surface area (Å²) in [6.45, 7) is 11.9. The van der Waals surface area contributed by atoms with Crippen molar-refractivity contribution in [3.63, 3.8) is 0 Å². The van der Waals surface area contributed by atoms with Crippen LogP contribution in [-0.2, 0) is 0 Å². The standard InChI is InChI=1S/C31H30/c1-5-9-11-25(8-4)13-15-27-17-19-29-21-20-28-18-16-26(22-30(28)31(29)23-27)14-12-24(7-3)10-6-2/h6-23H,2-3,5H2,1,4H3/b11-9-,14-12+,15-13+,24-10+,25-8+. The van der Waals surface area contributed by atoms with Gasteiger partial charge in [0.2, 0.25) is 0 Å². The Bertz CT molecular complexity index is 1240. The van der Waals surface area contributed by atoms with E-state index in [1.54, 1.807) is 6.08 Å². The van der Waals surface area contributed by atoms with Crippen molar-refractivity contribution in [2.45, 2.75) is 20.3 Å². The van der Waals surface area contributed by atoms with Gasteiger partial charge in [-0.05, 0) is 69.3 Å². The molecule has 0 amide bonds. The average molecular weight is 403 g/mol. The molecule has 0 bridgehead atoms. The molecule has 0 aromatic heterocycles. The SMILES string of the molecule is C=C/C=C(C=C)/C=C/c1ccc2ccc3ccc(/C=C/C(/C=C\CC)=C/C)cc3c2c1. The van der Waals surface area contributed by atoms with E-state index in [1.807, 2.05) is 12.2 Å². The monoisotopic (exact) mass is 402 g/mol. The number of hydrogen-bond donors (Lipinski definition) is 0. The summed E-state index contributed by atoms with van der Waals surface area (Å²) in [7, 11) is 0.